The van der Waals surface area contributed by atoms with E-state index in [1.54, 1.807) is 24.3 Å². The Kier molecular flexibility index (Phi) is 2.99. The first-order chi connectivity index (χ1) is 8.70. The lowest BCUT2D eigenvalue weighted by atomic mass is 10.0. The number of ether oxygens (including phenoxy) is 2. The molecule has 0 amide bonds. The second-order valence-corrected chi connectivity index (χ2v) is 4.94. The molecule has 2 heterocycles. The molecule has 1 aromatic carbocycles. The van der Waals surface area contributed by atoms with Crippen LogP contribution in [0, 0.1) is 0 Å². The van der Waals surface area contributed by atoms with E-state index in [9.17, 15) is 4.39 Å². The highest BCUT2D eigenvalue weighted by Gasteiger charge is 2.49. The Bertz CT molecular complexity index is 476. The van der Waals surface area contributed by atoms with Gasteiger partial charge in [0, 0.05) is 10.6 Å². The molecule has 3 rings (SSSR count). The number of nitrogens with zero attached hydrogens (tertiary/aromatic N) is 1. The van der Waals surface area contributed by atoms with Crippen LogP contribution in [0.25, 0.3) is 0 Å². The number of halogens is 2. The van der Waals surface area contributed by atoms with Crippen molar-refractivity contribution in [3.05, 3.63) is 34.9 Å². The van der Waals surface area contributed by atoms with Crippen molar-refractivity contribution in [2.24, 2.45) is 4.99 Å². The summed E-state index contributed by atoms with van der Waals surface area (Å²) in [6, 6.07) is 7.11. The third-order valence-electron chi connectivity index (χ3n) is 3.23. The second kappa shape index (κ2) is 4.52. The van der Waals surface area contributed by atoms with Crippen molar-refractivity contribution in [3.63, 3.8) is 0 Å². The van der Waals surface area contributed by atoms with Crippen LogP contribution in [0.15, 0.2) is 29.3 Å². The maximum atomic E-state index is 14.0. The van der Waals surface area contributed by atoms with E-state index in [0.717, 1.165) is 12.0 Å². The molecule has 1 spiro atoms. The van der Waals surface area contributed by atoms with Crippen LogP contribution >= 0.6 is 11.6 Å². The minimum absolute atomic E-state index is 0.214. The molecule has 18 heavy (non-hydrogen) atoms. The highest BCUT2D eigenvalue weighted by atomic mass is 35.5. The monoisotopic (exact) mass is 269 g/mol. The average molecular weight is 270 g/mol. The Hall–Kier alpha value is -1.13. The van der Waals surface area contributed by atoms with Crippen molar-refractivity contribution in [1.29, 1.82) is 0 Å². The van der Waals surface area contributed by atoms with Crippen molar-refractivity contribution < 1.29 is 13.9 Å². The lowest BCUT2D eigenvalue weighted by Crippen LogP contribution is -2.49. The van der Waals surface area contributed by atoms with Gasteiger partial charge in [0.25, 0.3) is 5.79 Å². The lowest BCUT2D eigenvalue weighted by Gasteiger charge is -2.35. The minimum Gasteiger partial charge on any atom is -0.440 e. The Morgan fingerprint density at radius 3 is 2.83 bits per heavy atom. The predicted octanol–water partition coefficient (Wildman–Crippen LogP) is 2.96. The van der Waals surface area contributed by atoms with Gasteiger partial charge in [0.05, 0.1) is 6.61 Å². The summed E-state index contributed by atoms with van der Waals surface area (Å²) >= 11 is 5.82. The zero-order valence-electron chi connectivity index (χ0n) is 9.73. The molecule has 1 saturated heterocycles. The summed E-state index contributed by atoms with van der Waals surface area (Å²) in [5.41, 5.74) is 0.789. The molecule has 2 atom stereocenters. The molecule has 0 radical (unpaired) electrons. The van der Waals surface area contributed by atoms with E-state index in [1.807, 2.05) is 0 Å². The van der Waals surface area contributed by atoms with E-state index in [0.29, 0.717) is 23.9 Å². The molecule has 3 nitrogen and oxygen atoms in total. The Balaban J connectivity index is 1.79. The summed E-state index contributed by atoms with van der Waals surface area (Å²) in [5.74, 6) is -0.774. The van der Waals surface area contributed by atoms with Crippen molar-refractivity contribution in [2.45, 2.75) is 24.8 Å². The topological polar surface area (TPSA) is 30.8 Å². The number of aliphatic imine (C=N–C) groups is 1. The van der Waals surface area contributed by atoms with E-state index in [1.165, 1.54) is 0 Å². The fraction of sp³-hybridized carbons (Fsp3) is 0.462. The Morgan fingerprint density at radius 2 is 2.11 bits per heavy atom. The van der Waals surface area contributed by atoms with Crippen LogP contribution in [-0.4, -0.2) is 31.0 Å². The highest BCUT2D eigenvalue weighted by Crippen LogP contribution is 2.34. The van der Waals surface area contributed by atoms with Crippen LogP contribution in [0.4, 0.5) is 4.39 Å². The largest absolute Gasteiger partial charge is 0.440 e. The van der Waals surface area contributed by atoms with Crippen molar-refractivity contribution in [3.8, 4) is 0 Å². The van der Waals surface area contributed by atoms with Gasteiger partial charge in [-0.25, -0.2) is 9.38 Å². The summed E-state index contributed by atoms with van der Waals surface area (Å²) in [6.07, 6.45) is 0.0613. The fourth-order valence-electron chi connectivity index (χ4n) is 2.21. The lowest BCUT2D eigenvalue weighted by molar-refractivity contribution is -0.232. The van der Waals surface area contributed by atoms with Gasteiger partial charge in [-0.15, -0.1) is 0 Å². The van der Waals surface area contributed by atoms with Gasteiger partial charge in [-0.05, 0) is 37.1 Å². The molecule has 2 aliphatic heterocycles. The van der Waals surface area contributed by atoms with Crippen molar-refractivity contribution >= 4 is 17.5 Å². The third-order valence-corrected chi connectivity index (χ3v) is 3.48. The zero-order valence-corrected chi connectivity index (χ0v) is 10.5. The Morgan fingerprint density at radius 1 is 1.33 bits per heavy atom. The van der Waals surface area contributed by atoms with E-state index < -0.39 is 12.0 Å². The second-order valence-electron chi connectivity index (χ2n) is 4.50. The Labute approximate surface area is 110 Å². The quantitative estimate of drug-likeness (QED) is 0.785. The molecule has 0 aliphatic carbocycles. The normalized spacial score (nSPS) is 31.2. The highest BCUT2D eigenvalue weighted by molar-refractivity contribution is 6.30. The molecule has 96 valence electrons. The van der Waals surface area contributed by atoms with E-state index in [-0.39, 0.29) is 6.54 Å². The van der Waals surface area contributed by atoms with E-state index >= 15 is 0 Å². The smallest absolute Gasteiger partial charge is 0.263 e. The van der Waals surface area contributed by atoms with Crippen LogP contribution < -0.4 is 0 Å². The number of benzene rings is 1. The molecular formula is C13H13ClFNO2. The summed E-state index contributed by atoms with van der Waals surface area (Å²) in [4.78, 5) is 4.25. The minimum atomic E-state index is -1.20. The summed E-state index contributed by atoms with van der Waals surface area (Å²) in [6.45, 7) is 0.732. The number of hydrogen-bond acceptors (Lipinski definition) is 3. The molecule has 2 aliphatic rings. The molecule has 5 heteroatoms. The molecule has 0 aromatic heterocycles. The first-order valence-corrected chi connectivity index (χ1v) is 6.35. The van der Waals surface area contributed by atoms with Gasteiger partial charge in [-0.3, -0.25) is 0 Å². The first kappa shape index (κ1) is 11.9. The van der Waals surface area contributed by atoms with Gasteiger partial charge in [-0.2, -0.15) is 0 Å². The summed E-state index contributed by atoms with van der Waals surface area (Å²) in [5, 5.41) is 0.643. The van der Waals surface area contributed by atoms with Crippen molar-refractivity contribution in [2.75, 3.05) is 13.2 Å². The standard InChI is InChI=1S/C13H13ClFNO2/c14-10-5-3-9(4-6-10)12-16-8-13(18-12)11(15)2-1-7-17-13/h3-6,11H,1-2,7-8H2/t11-,13+/m0/s1. The molecule has 0 unspecified atom stereocenters. The van der Waals surface area contributed by atoms with E-state index in [2.05, 4.69) is 4.99 Å². The predicted molar refractivity (Wildman–Crippen MR) is 66.8 cm³/mol. The van der Waals surface area contributed by atoms with Gasteiger partial charge in [0.2, 0.25) is 5.90 Å². The van der Waals surface area contributed by atoms with Gasteiger partial charge in [0.15, 0.2) is 6.17 Å². The fourth-order valence-corrected chi connectivity index (χ4v) is 2.33. The van der Waals surface area contributed by atoms with Crippen LogP contribution in [0.3, 0.4) is 0 Å². The van der Waals surface area contributed by atoms with E-state index in [4.69, 9.17) is 21.1 Å². The third kappa shape index (κ3) is 1.99. The molecule has 0 N–H and O–H groups in total. The van der Waals surface area contributed by atoms with Gasteiger partial charge < -0.3 is 9.47 Å². The molecule has 1 aromatic rings. The SMILES string of the molecule is F[C@H]1CCCO[C@@]12CN=C(c1ccc(Cl)cc1)O2. The maximum absolute atomic E-state index is 14.0. The van der Waals surface area contributed by atoms with Gasteiger partial charge in [-0.1, -0.05) is 11.6 Å². The van der Waals surface area contributed by atoms with Gasteiger partial charge in [0.1, 0.15) is 6.54 Å². The summed E-state index contributed by atoms with van der Waals surface area (Å²) < 4.78 is 25.1. The first-order valence-electron chi connectivity index (χ1n) is 5.97. The number of rotatable bonds is 1. The summed E-state index contributed by atoms with van der Waals surface area (Å²) in [7, 11) is 0. The molecule has 0 saturated carbocycles. The average Bonchev–Trinajstić information content (AvgIpc) is 2.80. The van der Waals surface area contributed by atoms with Crippen molar-refractivity contribution in [1.82, 2.24) is 0 Å². The number of hydrogen-bond donors (Lipinski definition) is 0. The molecular weight excluding hydrogens is 257 g/mol. The van der Waals surface area contributed by atoms with Crippen LogP contribution in [-0.2, 0) is 9.47 Å². The maximum Gasteiger partial charge on any atom is 0.263 e. The molecule has 0 bridgehead atoms. The number of alkyl halides is 1. The zero-order chi connectivity index (χ0) is 12.6. The van der Waals surface area contributed by atoms with Crippen LogP contribution in [0.5, 0.6) is 0 Å². The van der Waals surface area contributed by atoms with Crippen LogP contribution in [0.2, 0.25) is 5.02 Å². The van der Waals surface area contributed by atoms with Gasteiger partial charge >= 0.3 is 0 Å². The van der Waals surface area contributed by atoms with Crippen LogP contribution in [0.1, 0.15) is 18.4 Å². The molecule has 1 fully saturated rings.